The molecule has 240 valence electrons. The fourth-order valence-corrected chi connectivity index (χ4v) is 6.59. The number of aryl methyl sites for hydroxylation is 1. The van der Waals surface area contributed by atoms with Crippen LogP contribution in [-0.4, -0.2) is 58.1 Å². The highest BCUT2D eigenvalue weighted by Crippen LogP contribution is 2.42. The van der Waals surface area contributed by atoms with Crippen molar-refractivity contribution in [3.8, 4) is 16.9 Å². The standard InChI is InChI=1S/C34H34ClFN4O5S/c1-21-6-3-9-30(22(21)2)45-14-5-10-31(41)40-13-15-46-33-25(7-4-8-29(33)40)24-18-38-39(19-24)20-26-27(35)16-23(17-28(26)36)34(44)37-12-11-32(42)43/h3-4,6-9,16-19H,5,10-15,20H2,1-2H3,(H,37,44)(H,42,43). The summed E-state index contributed by atoms with van der Waals surface area (Å²) >= 11 is 8.05. The molecule has 0 saturated heterocycles. The van der Waals surface area contributed by atoms with Crippen LogP contribution in [0.15, 0.2) is 65.8 Å². The van der Waals surface area contributed by atoms with Gasteiger partial charge in [0.15, 0.2) is 0 Å². The van der Waals surface area contributed by atoms with Gasteiger partial charge in [-0.3, -0.25) is 19.1 Å². The van der Waals surface area contributed by atoms with Crippen LogP contribution in [0.1, 0.15) is 46.3 Å². The van der Waals surface area contributed by atoms with Gasteiger partial charge in [0.1, 0.15) is 11.6 Å². The third-order valence-corrected chi connectivity index (χ3v) is 9.23. The number of carboxylic acids is 1. The predicted molar refractivity (Wildman–Crippen MR) is 176 cm³/mol. The van der Waals surface area contributed by atoms with E-state index in [1.54, 1.807) is 28.8 Å². The van der Waals surface area contributed by atoms with Crippen LogP contribution in [0.2, 0.25) is 5.02 Å². The summed E-state index contributed by atoms with van der Waals surface area (Å²) in [5.74, 6) is -0.696. The lowest BCUT2D eigenvalue weighted by Crippen LogP contribution is -2.35. The molecule has 2 N–H and O–H groups in total. The Morgan fingerprint density at radius 3 is 2.72 bits per heavy atom. The van der Waals surface area contributed by atoms with Crippen molar-refractivity contribution in [1.29, 1.82) is 0 Å². The Morgan fingerprint density at radius 2 is 1.93 bits per heavy atom. The number of aliphatic carboxylic acids is 1. The lowest BCUT2D eigenvalue weighted by atomic mass is 10.1. The van der Waals surface area contributed by atoms with Gasteiger partial charge < -0.3 is 20.1 Å². The van der Waals surface area contributed by atoms with Crippen molar-refractivity contribution in [2.45, 2.75) is 44.6 Å². The molecule has 0 spiro atoms. The molecular weight excluding hydrogens is 631 g/mol. The number of halogens is 2. The Hall–Kier alpha value is -4.35. The van der Waals surface area contributed by atoms with Crippen LogP contribution in [0, 0.1) is 19.7 Å². The molecule has 1 aliphatic rings. The molecule has 9 nitrogen and oxygen atoms in total. The van der Waals surface area contributed by atoms with Crippen molar-refractivity contribution in [3.63, 3.8) is 0 Å². The van der Waals surface area contributed by atoms with E-state index in [1.807, 2.05) is 55.1 Å². The smallest absolute Gasteiger partial charge is 0.305 e. The highest BCUT2D eigenvalue weighted by Gasteiger charge is 2.25. The van der Waals surface area contributed by atoms with Crippen LogP contribution in [-0.2, 0) is 16.1 Å². The number of carboxylic acid groups (broad SMARTS) is 1. The second-order valence-electron chi connectivity index (χ2n) is 10.9. The van der Waals surface area contributed by atoms with Gasteiger partial charge in [0, 0.05) is 63.6 Å². The largest absolute Gasteiger partial charge is 0.493 e. The lowest BCUT2D eigenvalue weighted by Gasteiger charge is -2.30. The molecular formula is C34H34ClFN4O5S. The number of nitrogens with zero attached hydrogens (tertiary/aromatic N) is 3. The monoisotopic (exact) mass is 664 g/mol. The SMILES string of the molecule is Cc1cccc(OCCCC(=O)N2CCSc3c(-c4cnn(Cc5c(F)cc(C(=O)NCCC(=O)O)cc5Cl)c4)cccc32)c1C. The molecule has 0 aliphatic carbocycles. The maximum atomic E-state index is 15.1. The molecule has 0 atom stereocenters. The highest BCUT2D eigenvalue weighted by atomic mass is 35.5. The summed E-state index contributed by atoms with van der Waals surface area (Å²) in [5, 5.41) is 15.7. The Labute approximate surface area is 275 Å². The minimum atomic E-state index is -1.05. The molecule has 0 fully saturated rings. The normalized spacial score (nSPS) is 12.5. The van der Waals surface area contributed by atoms with E-state index in [4.69, 9.17) is 21.4 Å². The number of hydrogen-bond donors (Lipinski definition) is 2. The van der Waals surface area contributed by atoms with Crippen molar-refractivity contribution in [2.75, 3.05) is 30.3 Å². The Bertz CT molecular complexity index is 1760. The summed E-state index contributed by atoms with van der Waals surface area (Å²) in [4.78, 5) is 39.1. The van der Waals surface area contributed by atoms with Crippen molar-refractivity contribution < 1.29 is 28.6 Å². The number of rotatable bonds is 12. The fraction of sp³-hybridized carbons (Fsp3) is 0.294. The van der Waals surface area contributed by atoms with E-state index in [1.165, 1.54) is 11.6 Å². The molecule has 2 heterocycles. The van der Waals surface area contributed by atoms with Crippen molar-refractivity contribution in [2.24, 2.45) is 0 Å². The van der Waals surface area contributed by atoms with Gasteiger partial charge in [-0.15, -0.1) is 11.8 Å². The second-order valence-corrected chi connectivity index (χ2v) is 12.5. The van der Waals surface area contributed by atoms with Crippen LogP contribution in [0.4, 0.5) is 10.1 Å². The van der Waals surface area contributed by atoms with Gasteiger partial charge in [0.05, 0.1) is 31.5 Å². The molecule has 46 heavy (non-hydrogen) atoms. The van der Waals surface area contributed by atoms with E-state index >= 15 is 4.39 Å². The summed E-state index contributed by atoms with van der Waals surface area (Å²) < 4.78 is 22.6. The number of carbonyl (C=O) groups excluding carboxylic acids is 2. The average Bonchev–Trinajstić information content (AvgIpc) is 3.50. The third-order valence-electron chi connectivity index (χ3n) is 7.79. The van der Waals surface area contributed by atoms with Crippen molar-refractivity contribution in [1.82, 2.24) is 15.1 Å². The molecule has 2 amide bonds. The zero-order chi connectivity index (χ0) is 32.8. The zero-order valence-electron chi connectivity index (χ0n) is 25.5. The Kier molecular flexibility index (Phi) is 10.6. The number of thioether (sulfide) groups is 1. The summed E-state index contributed by atoms with van der Waals surface area (Å²) in [5.41, 5.74) is 5.03. The number of nitrogens with one attached hydrogen (secondary N) is 1. The fourth-order valence-electron chi connectivity index (χ4n) is 5.18. The van der Waals surface area contributed by atoms with Crippen LogP contribution in [0.3, 0.4) is 0 Å². The summed E-state index contributed by atoms with van der Waals surface area (Å²) in [6.45, 7) is 5.09. The molecule has 0 unspecified atom stereocenters. The molecule has 3 aromatic carbocycles. The second kappa shape index (κ2) is 14.8. The van der Waals surface area contributed by atoms with Gasteiger partial charge >= 0.3 is 5.97 Å². The summed E-state index contributed by atoms with van der Waals surface area (Å²) in [7, 11) is 0. The third kappa shape index (κ3) is 7.71. The van der Waals surface area contributed by atoms with E-state index in [9.17, 15) is 14.4 Å². The molecule has 0 radical (unpaired) electrons. The van der Waals surface area contributed by atoms with Crippen molar-refractivity contribution in [3.05, 3.63) is 94.0 Å². The molecule has 5 rings (SSSR count). The first kappa shape index (κ1) is 33.0. The van der Waals surface area contributed by atoms with Crippen LogP contribution < -0.4 is 15.0 Å². The van der Waals surface area contributed by atoms with Crippen LogP contribution in [0.25, 0.3) is 11.1 Å². The number of carbonyl (C=O) groups is 3. The number of hydrogen-bond acceptors (Lipinski definition) is 6. The molecule has 12 heteroatoms. The maximum Gasteiger partial charge on any atom is 0.305 e. The van der Waals surface area contributed by atoms with Gasteiger partial charge in [0.2, 0.25) is 5.91 Å². The minimum Gasteiger partial charge on any atom is -0.493 e. The number of ether oxygens (including phenoxy) is 1. The van der Waals surface area contributed by atoms with Crippen LogP contribution >= 0.6 is 23.4 Å². The zero-order valence-corrected chi connectivity index (χ0v) is 27.1. The first-order valence-electron chi connectivity index (χ1n) is 14.9. The number of anilines is 1. The molecule has 4 aromatic rings. The van der Waals surface area contributed by atoms with Gasteiger partial charge in [0.25, 0.3) is 5.91 Å². The maximum absolute atomic E-state index is 15.1. The van der Waals surface area contributed by atoms with Gasteiger partial charge in [-0.25, -0.2) is 4.39 Å². The molecule has 0 bridgehead atoms. The Morgan fingerprint density at radius 1 is 1.13 bits per heavy atom. The number of benzene rings is 3. The number of aromatic nitrogens is 2. The van der Waals surface area contributed by atoms with E-state index in [0.717, 1.165) is 44.8 Å². The first-order chi connectivity index (χ1) is 22.1. The molecule has 0 saturated carbocycles. The average molecular weight is 665 g/mol. The predicted octanol–water partition coefficient (Wildman–Crippen LogP) is 6.51. The van der Waals surface area contributed by atoms with Crippen LogP contribution in [0.5, 0.6) is 5.75 Å². The number of fused-ring (bicyclic) bond motifs is 1. The molecule has 1 aromatic heterocycles. The summed E-state index contributed by atoms with van der Waals surface area (Å²) in [6.07, 6.45) is 4.21. The lowest BCUT2D eigenvalue weighted by molar-refractivity contribution is -0.136. The van der Waals surface area contributed by atoms with Gasteiger partial charge in [-0.2, -0.15) is 5.10 Å². The topological polar surface area (TPSA) is 114 Å². The quantitative estimate of drug-likeness (QED) is 0.166. The highest BCUT2D eigenvalue weighted by molar-refractivity contribution is 7.99. The van der Waals surface area contributed by atoms with Gasteiger partial charge in [-0.05, 0) is 55.7 Å². The van der Waals surface area contributed by atoms with E-state index < -0.39 is 17.7 Å². The summed E-state index contributed by atoms with van der Waals surface area (Å²) in [6, 6.07) is 14.2. The van der Waals surface area contributed by atoms with Crippen molar-refractivity contribution >= 4 is 46.8 Å². The number of amides is 2. The van der Waals surface area contributed by atoms with E-state index in [2.05, 4.69) is 10.4 Å². The van der Waals surface area contributed by atoms with Gasteiger partial charge in [-0.1, -0.05) is 35.9 Å². The molecule has 1 aliphatic heterocycles. The Balaban J connectivity index is 1.25. The minimum absolute atomic E-state index is 0.00117. The van der Waals surface area contributed by atoms with E-state index in [-0.39, 0.29) is 41.6 Å². The first-order valence-corrected chi connectivity index (χ1v) is 16.2. The van der Waals surface area contributed by atoms with E-state index in [0.29, 0.717) is 26.0 Å².